The van der Waals surface area contributed by atoms with Crippen molar-refractivity contribution in [3.05, 3.63) is 139 Å². The maximum absolute atomic E-state index is 2.52. The van der Waals surface area contributed by atoms with Gasteiger partial charge in [-0.2, -0.15) is 0 Å². The lowest BCUT2D eigenvalue weighted by molar-refractivity contribution is 0.660. The van der Waals surface area contributed by atoms with Gasteiger partial charge in [-0.3, -0.25) is 0 Å². The fourth-order valence-electron chi connectivity index (χ4n) is 7.07. The zero-order valence-electron chi connectivity index (χ0n) is 23.4. The molecule has 0 radical (unpaired) electrons. The fourth-order valence-corrected chi connectivity index (χ4v) is 9.36. The first kappa shape index (κ1) is 24.3. The van der Waals surface area contributed by atoms with Gasteiger partial charge in [-0.15, -0.1) is 11.3 Å². The van der Waals surface area contributed by atoms with Crippen LogP contribution >= 0.6 is 23.1 Å². The molecule has 1 nitrogen and oxygen atoms in total. The Morgan fingerprint density at radius 2 is 1.33 bits per heavy atom. The van der Waals surface area contributed by atoms with Gasteiger partial charge in [-0.1, -0.05) is 117 Å². The number of fused-ring (bicyclic) bond motifs is 9. The minimum Gasteiger partial charge on any atom is -0.308 e. The van der Waals surface area contributed by atoms with Gasteiger partial charge in [-0.25, -0.2) is 0 Å². The highest BCUT2D eigenvalue weighted by Crippen LogP contribution is 2.61. The van der Waals surface area contributed by atoms with Crippen LogP contribution in [-0.2, 0) is 5.41 Å². The molecular formula is C39H27NS2. The summed E-state index contributed by atoms with van der Waals surface area (Å²) in [5.41, 5.74) is 11.8. The number of nitrogens with zero attached hydrogens (tertiary/aromatic N) is 1. The molecule has 0 atom stereocenters. The van der Waals surface area contributed by atoms with Crippen LogP contribution in [-0.4, -0.2) is 0 Å². The van der Waals surface area contributed by atoms with Gasteiger partial charge < -0.3 is 4.90 Å². The Hall–Kier alpha value is -4.31. The molecule has 0 saturated heterocycles. The van der Waals surface area contributed by atoms with E-state index in [1.54, 1.807) is 0 Å². The smallest absolute Gasteiger partial charge is 0.0683 e. The highest BCUT2D eigenvalue weighted by atomic mass is 32.2. The van der Waals surface area contributed by atoms with E-state index in [0.29, 0.717) is 0 Å². The Bertz CT molecular complexity index is 2210. The maximum atomic E-state index is 2.52. The van der Waals surface area contributed by atoms with Crippen molar-refractivity contribution in [1.29, 1.82) is 0 Å². The molecule has 1 aliphatic carbocycles. The monoisotopic (exact) mass is 573 g/mol. The third-order valence-electron chi connectivity index (χ3n) is 9.06. The molecule has 1 aromatic heterocycles. The molecule has 0 N–H and O–H groups in total. The maximum Gasteiger partial charge on any atom is 0.0683 e. The van der Waals surface area contributed by atoms with Crippen molar-refractivity contribution in [2.75, 3.05) is 4.90 Å². The van der Waals surface area contributed by atoms with Gasteiger partial charge in [0.2, 0.25) is 0 Å². The largest absolute Gasteiger partial charge is 0.308 e. The number of anilines is 3. The van der Waals surface area contributed by atoms with E-state index >= 15 is 0 Å². The SMILES string of the molecule is CC1(C)c2ccccc2-c2c1ccc1c2N(c2ccccc2)c2cc(-c3cccc4c3sc3ccccc34)ccc2S1. The Kier molecular flexibility index (Phi) is 5.12. The predicted molar refractivity (Wildman–Crippen MR) is 181 cm³/mol. The van der Waals surface area contributed by atoms with Crippen molar-refractivity contribution in [2.45, 2.75) is 29.1 Å². The summed E-state index contributed by atoms with van der Waals surface area (Å²) in [6.07, 6.45) is 0. The molecule has 0 amide bonds. The number of hydrogen-bond acceptors (Lipinski definition) is 3. The summed E-state index contributed by atoms with van der Waals surface area (Å²) in [6.45, 7) is 4.73. The molecule has 6 aromatic carbocycles. The van der Waals surface area contributed by atoms with Crippen LogP contribution in [0.3, 0.4) is 0 Å². The molecule has 1 aliphatic heterocycles. The second-order valence-electron chi connectivity index (χ2n) is 11.7. The first-order valence-electron chi connectivity index (χ1n) is 14.4. The lowest BCUT2D eigenvalue weighted by atomic mass is 9.82. The van der Waals surface area contributed by atoms with Crippen molar-refractivity contribution in [1.82, 2.24) is 0 Å². The first-order valence-corrected chi connectivity index (χ1v) is 16.1. The third kappa shape index (κ3) is 3.32. The summed E-state index contributed by atoms with van der Waals surface area (Å²) in [5, 5.41) is 2.67. The average molecular weight is 574 g/mol. The average Bonchev–Trinajstić information content (AvgIpc) is 3.52. The van der Waals surface area contributed by atoms with Crippen LogP contribution in [0.4, 0.5) is 17.1 Å². The van der Waals surface area contributed by atoms with Gasteiger partial charge in [0.25, 0.3) is 0 Å². The predicted octanol–water partition coefficient (Wildman–Crippen LogP) is 12.0. The van der Waals surface area contributed by atoms with Crippen molar-refractivity contribution in [2.24, 2.45) is 0 Å². The standard InChI is InChI=1S/C39H27NS2/c1-39(2)30-17-8-6-14-29(30)36-31(39)20-22-35-37(36)40(25-11-4-3-5-12-25)32-23-24(19-21-34(32)41-35)26-15-10-16-28-27-13-7-9-18-33(27)42-38(26)28/h3-23H,1-2H3. The van der Waals surface area contributed by atoms with Crippen molar-refractivity contribution >= 4 is 60.3 Å². The van der Waals surface area contributed by atoms with Gasteiger partial charge in [0.05, 0.1) is 11.4 Å². The Balaban J connectivity index is 1.31. The highest BCUT2D eigenvalue weighted by Gasteiger charge is 2.40. The second kappa shape index (κ2) is 8.84. The quantitative estimate of drug-likeness (QED) is 0.202. The summed E-state index contributed by atoms with van der Waals surface area (Å²) in [4.78, 5) is 5.10. The first-order chi connectivity index (χ1) is 20.6. The summed E-state index contributed by atoms with van der Waals surface area (Å²) in [6, 6.07) is 47.2. The molecule has 42 heavy (non-hydrogen) atoms. The number of para-hydroxylation sites is 1. The van der Waals surface area contributed by atoms with E-state index < -0.39 is 0 Å². The second-order valence-corrected chi connectivity index (χ2v) is 13.9. The molecule has 0 bridgehead atoms. The Morgan fingerprint density at radius 1 is 0.595 bits per heavy atom. The fraction of sp³-hybridized carbons (Fsp3) is 0.0769. The molecule has 9 rings (SSSR count). The molecule has 0 unspecified atom stereocenters. The summed E-state index contributed by atoms with van der Waals surface area (Å²) >= 11 is 3.79. The van der Waals surface area contributed by atoms with E-state index in [1.165, 1.54) is 80.4 Å². The molecule has 3 heteroatoms. The van der Waals surface area contributed by atoms with Gasteiger partial charge in [0.15, 0.2) is 0 Å². The molecule has 7 aromatic rings. The van der Waals surface area contributed by atoms with E-state index in [2.05, 4.69) is 146 Å². The molecule has 2 aliphatic rings. The molecule has 200 valence electrons. The molecule has 0 spiro atoms. The van der Waals surface area contributed by atoms with Gasteiger partial charge in [0, 0.05) is 46.6 Å². The summed E-state index contributed by atoms with van der Waals surface area (Å²) < 4.78 is 2.69. The highest BCUT2D eigenvalue weighted by molar-refractivity contribution is 7.99. The molecule has 0 fully saturated rings. The van der Waals surface area contributed by atoms with Gasteiger partial charge >= 0.3 is 0 Å². The van der Waals surface area contributed by atoms with Crippen LogP contribution in [0.5, 0.6) is 0 Å². The van der Waals surface area contributed by atoms with Crippen LogP contribution in [0.2, 0.25) is 0 Å². The van der Waals surface area contributed by atoms with Gasteiger partial charge in [0.1, 0.15) is 0 Å². The minimum absolute atomic E-state index is 0.0487. The van der Waals surface area contributed by atoms with E-state index in [-0.39, 0.29) is 5.41 Å². The van der Waals surface area contributed by atoms with Crippen molar-refractivity contribution in [3.8, 4) is 22.3 Å². The van der Waals surface area contributed by atoms with E-state index in [9.17, 15) is 0 Å². The zero-order chi connectivity index (χ0) is 28.0. The molecule has 0 saturated carbocycles. The Labute approximate surface area is 254 Å². The van der Waals surface area contributed by atoms with Gasteiger partial charge in [-0.05, 0) is 64.2 Å². The van der Waals surface area contributed by atoms with E-state index in [4.69, 9.17) is 0 Å². The minimum atomic E-state index is -0.0487. The van der Waals surface area contributed by atoms with Crippen molar-refractivity contribution < 1.29 is 0 Å². The third-order valence-corrected chi connectivity index (χ3v) is 11.4. The number of rotatable bonds is 2. The van der Waals surface area contributed by atoms with Crippen LogP contribution in [0.25, 0.3) is 42.4 Å². The normalized spacial score (nSPS) is 14.5. The number of thiophene rings is 1. The van der Waals surface area contributed by atoms with Crippen molar-refractivity contribution in [3.63, 3.8) is 0 Å². The zero-order valence-corrected chi connectivity index (χ0v) is 25.0. The summed E-state index contributed by atoms with van der Waals surface area (Å²) in [7, 11) is 0. The van der Waals surface area contributed by atoms with Crippen LogP contribution in [0.15, 0.2) is 137 Å². The van der Waals surface area contributed by atoms with Crippen LogP contribution in [0, 0.1) is 0 Å². The van der Waals surface area contributed by atoms with E-state index in [1.807, 2.05) is 23.1 Å². The van der Waals surface area contributed by atoms with Crippen LogP contribution in [0.1, 0.15) is 25.0 Å². The lowest BCUT2D eigenvalue weighted by Crippen LogP contribution is -2.18. The lowest BCUT2D eigenvalue weighted by Gasteiger charge is -2.35. The number of benzene rings is 6. The molecule has 2 heterocycles. The van der Waals surface area contributed by atoms with E-state index in [0.717, 1.165) is 0 Å². The number of hydrogen-bond donors (Lipinski definition) is 0. The Morgan fingerprint density at radius 3 is 2.24 bits per heavy atom. The molecular weight excluding hydrogens is 547 g/mol. The topological polar surface area (TPSA) is 3.24 Å². The summed E-state index contributed by atoms with van der Waals surface area (Å²) in [5.74, 6) is 0. The van der Waals surface area contributed by atoms with Crippen LogP contribution < -0.4 is 4.90 Å².